The van der Waals surface area contributed by atoms with Crippen molar-refractivity contribution in [1.29, 1.82) is 0 Å². The van der Waals surface area contributed by atoms with E-state index in [-0.39, 0.29) is 0 Å². The maximum atomic E-state index is 5.40. The van der Waals surface area contributed by atoms with Crippen LogP contribution in [0.2, 0.25) is 0 Å². The summed E-state index contributed by atoms with van der Waals surface area (Å²) < 4.78 is 5.07. The minimum Gasteiger partial charge on any atom is -0.383 e. The Hall–Kier alpha value is -1.67. The monoisotopic (exact) mass is 406 g/mol. The van der Waals surface area contributed by atoms with Crippen LogP contribution in [0.1, 0.15) is 46.0 Å². The lowest BCUT2D eigenvalue weighted by Gasteiger charge is -2.36. The molecule has 1 atom stereocenters. The summed E-state index contributed by atoms with van der Waals surface area (Å²) in [5.41, 5.74) is 0. The number of hydrogen-bond acceptors (Lipinski definition) is 6. The fourth-order valence-corrected chi connectivity index (χ4v) is 4.07. The van der Waals surface area contributed by atoms with Crippen LogP contribution in [0.4, 0.5) is 17.6 Å². The first kappa shape index (κ1) is 21.0. The van der Waals surface area contributed by atoms with E-state index >= 15 is 0 Å². The van der Waals surface area contributed by atoms with Gasteiger partial charge in [0.15, 0.2) is 5.11 Å². The molecule has 2 saturated heterocycles. The number of piperidine rings is 2. The van der Waals surface area contributed by atoms with Crippen LogP contribution in [0.3, 0.4) is 0 Å². The summed E-state index contributed by atoms with van der Waals surface area (Å²) in [5, 5.41) is 6.83. The molecular formula is C20H34N6OS. The molecular weight excluding hydrogens is 372 g/mol. The summed E-state index contributed by atoms with van der Waals surface area (Å²) in [6.45, 7) is 9.01. The number of anilines is 3. The van der Waals surface area contributed by atoms with Crippen molar-refractivity contribution >= 4 is 34.9 Å². The van der Waals surface area contributed by atoms with Gasteiger partial charge < -0.3 is 25.2 Å². The molecule has 0 radical (unpaired) electrons. The number of hydrogen-bond donors (Lipinski definition) is 2. The van der Waals surface area contributed by atoms with Crippen LogP contribution in [-0.2, 0) is 4.74 Å². The Morgan fingerprint density at radius 3 is 2.61 bits per heavy atom. The zero-order valence-electron chi connectivity index (χ0n) is 17.4. The molecule has 1 aromatic rings. The molecule has 2 fully saturated rings. The van der Waals surface area contributed by atoms with Crippen LogP contribution in [0.5, 0.6) is 0 Å². The second-order valence-electron chi connectivity index (χ2n) is 7.99. The Balaban J connectivity index is 1.80. The molecule has 28 heavy (non-hydrogen) atoms. The second kappa shape index (κ2) is 10.2. The second-order valence-corrected chi connectivity index (χ2v) is 8.40. The smallest absolute Gasteiger partial charge is 0.232 e. The zero-order chi connectivity index (χ0) is 19.9. The molecule has 0 spiro atoms. The van der Waals surface area contributed by atoms with Crippen LogP contribution in [0.15, 0.2) is 6.07 Å². The minimum atomic E-state index is 0.498. The first-order chi connectivity index (χ1) is 13.6. The van der Waals surface area contributed by atoms with Crippen LogP contribution in [0.25, 0.3) is 0 Å². The van der Waals surface area contributed by atoms with Crippen molar-refractivity contribution in [2.75, 3.05) is 55.0 Å². The highest BCUT2D eigenvalue weighted by atomic mass is 32.1. The average molecular weight is 407 g/mol. The lowest BCUT2D eigenvalue weighted by molar-refractivity contribution is 0.204. The molecule has 0 unspecified atom stereocenters. The predicted molar refractivity (Wildman–Crippen MR) is 119 cm³/mol. The van der Waals surface area contributed by atoms with Gasteiger partial charge in [0.05, 0.1) is 6.61 Å². The van der Waals surface area contributed by atoms with Gasteiger partial charge in [0.25, 0.3) is 0 Å². The molecule has 2 N–H and O–H groups in total. The van der Waals surface area contributed by atoms with E-state index in [0.717, 1.165) is 37.2 Å². The van der Waals surface area contributed by atoms with Gasteiger partial charge in [-0.1, -0.05) is 6.92 Å². The SMILES string of the molecule is COCCNC(=S)Nc1nc(N2CCC(C)CC2)cc(N2CCCC[C@@H]2C)n1. The van der Waals surface area contributed by atoms with Gasteiger partial charge in [0.1, 0.15) is 11.6 Å². The Labute approximate surface area is 174 Å². The van der Waals surface area contributed by atoms with Crippen molar-refractivity contribution in [3.63, 3.8) is 0 Å². The Morgan fingerprint density at radius 2 is 1.89 bits per heavy atom. The maximum absolute atomic E-state index is 5.40. The van der Waals surface area contributed by atoms with Gasteiger partial charge in [-0.3, -0.25) is 0 Å². The lowest BCUT2D eigenvalue weighted by Crippen LogP contribution is -2.39. The zero-order valence-corrected chi connectivity index (χ0v) is 18.2. The van der Waals surface area contributed by atoms with Crippen LogP contribution in [-0.4, -0.2) is 61.0 Å². The third kappa shape index (κ3) is 5.67. The van der Waals surface area contributed by atoms with Crippen LogP contribution in [0, 0.1) is 5.92 Å². The van der Waals surface area contributed by atoms with Gasteiger partial charge in [-0.25, -0.2) is 0 Å². The van der Waals surface area contributed by atoms with E-state index in [0.29, 0.717) is 30.3 Å². The highest BCUT2D eigenvalue weighted by molar-refractivity contribution is 7.80. The van der Waals surface area contributed by atoms with E-state index in [9.17, 15) is 0 Å². The minimum absolute atomic E-state index is 0.498. The quantitative estimate of drug-likeness (QED) is 0.552. The summed E-state index contributed by atoms with van der Waals surface area (Å²) in [7, 11) is 1.68. The van der Waals surface area contributed by atoms with E-state index < -0.39 is 0 Å². The molecule has 3 heterocycles. The van der Waals surface area contributed by atoms with Crippen molar-refractivity contribution in [3.05, 3.63) is 6.07 Å². The number of nitrogens with one attached hydrogen (secondary N) is 2. The van der Waals surface area contributed by atoms with E-state index in [1.54, 1.807) is 7.11 Å². The summed E-state index contributed by atoms with van der Waals surface area (Å²) in [5.74, 6) is 3.35. The Morgan fingerprint density at radius 1 is 1.14 bits per heavy atom. The fourth-order valence-electron chi connectivity index (χ4n) is 3.88. The topological polar surface area (TPSA) is 65.6 Å². The highest BCUT2D eigenvalue weighted by Gasteiger charge is 2.23. The molecule has 7 nitrogen and oxygen atoms in total. The Bertz CT molecular complexity index is 650. The van der Waals surface area contributed by atoms with Gasteiger partial charge >= 0.3 is 0 Å². The number of thiocarbonyl (C=S) groups is 1. The standard InChI is InChI=1S/C20H34N6OS/c1-15-7-11-25(12-8-15)17-14-18(26-10-5-4-6-16(26)2)23-19(22-17)24-20(28)21-9-13-27-3/h14-16H,4-13H2,1-3H3,(H2,21,22,23,24,28)/t16-/m0/s1. The molecule has 156 valence electrons. The molecule has 0 bridgehead atoms. The summed E-state index contributed by atoms with van der Waals surface area (Å²) >= 11 is 5.40. The van der Waals surface area contributed by atoms with Crippen molar-refractivity contribution in [2.45, 2.75) is 52.0 Å². The molecule has 0 saturated carbocycles. The van der Waals surface area contributed by atoms with E-state index in [1.165, 1.54) is 32.1 Å². The average Bonchev–Trinajstić information content (AvgIpc) is 2.69. The highest BCUT2D eigenvalue weighted by Crippen LogP contribution is 2.29. The lowest BCUT2D eigenvalue weighted by atomic mass is 9.99. The fraction of sp³-hybridized carbons (Fsp3) is 0.750. The molecule has 3 rings (SSSR count). The van der Waals surface area contributed by atoms with Crippen LogP contribution < -0.4 is 20.4 Å². The van der Waals surface area contributed by atoms with E-state index in [2.05, 4.69) is 40.3 Å². The molecule has 2 aliphatic heterocycles. The maximum Gasteiger partial charge on any atom is 0.232 e. The third-order valence-electron chi connectivity index (χ3n) is 5.72. The van der Waals surface area contributed by atoms with Gasteiger partial charge in [-0.15, -0.1) is 0 Å². The first-order valence-electron chi connectivity index (χ1n) is 10.5. The van der Waals surface area contributed by atoms with Crippen molar-refractivity contribution in [1.82, 2.24) is 15.3 Å². The summed E-state index contributed by atoms with van der Waals surface area (Å²) in [6, 6.07) is 2.65. The number of rotatable bonds is 6. The normalized spacial score (nSPS) is 20.9. The molecule has 0 aliphatic carbocycles. The summed E-state index contributed by atoms with van der Waals surface area (Å²) in [4.78, 5) is 14.4. The molecule has 0 amide bonds. The van der Waals surface area contributed by atoms with Gasteiger partial charge in [-0.05, 0) is 57.2 Å². The van der Waals surface area contributed by atoms with Crippen molar-refractivity contribution in [3.8, 4) is 0 Å². The van der Waals surface area contributed by atoms with E-state index in [1.807, 2.05) is 0 Å². The van der Waals surface area contributed by atoms with Gasteiger partial charge in [0, 0.05) is 45.4 Å². The first-order valence-corrected chi connectivity index (χ1v) is 10.9. The van der Waals surface area contributed by atoms with Gasteiger partial charge in [-0.2, -0.15) is 9.97 Å². The number of aromatic nitrogens is 2. The number of ether oxygens (including phenoxy) is 1. The van der Waals surface area contributed by atoms with E-state index in [4.69, 9.17) is 26.9 Å². The predicted octanol–water partition coefficient (Wildman–Crippen LogP) is 3.02. The van der Waals surface area contributed by atoms with Gasteiger partial charge in [0.2, 0.25) is 5.95 Å². The largest absolute Gasteiger partial charge is 0.383 e. The molecule has 0 aromatic carbocycles. The molecule has 2 aliphatic rings. The molecule has 8 heteroatoms. The Kier molecular flexibility index (Phi) is 7.67. The molecule has 1 aromatic heterocycles. The van der Waals surface area contributed by atoms with Crippen LogP contribution >= 0.6 is 12.2 Å². The van der Waals surface area contributed by atoms with Crippen molar-refractivity contribution in [2.24, 2.45) is 5.92 Å². The number of nitrogens with zero attached hydrogens (tertiary/aromatic N) is 4. The van der Waals surface area contributed by atoms with Crippen molar-refractivity contribution < 1.29 is 4.74 Å². The third-order valence-corrected chi connectivity index (χ3v) is 5.97. The summed E-state index contributed by atoms with van der Waals surface area (Å²) in [6.07, 6.45) is 6.13. The number of methoxy groups -OCH3 is 1.